The van der Waals surface area contributed by atoms with Gasteiger partial charge in [0, 0.05) is 36.2 Å². The van der Waals surface area contributed by atoms with Gasteiger partial charge in [-0.3, -0.25) is 4.90 Å². The summed E-state index contributed by atoms with van der Waals surface area (Å²) in [5, 5.41) is 1.38. The van der Waals surface area contributed by atoms with Gasteiger partial charge in [0.2, 0.25) is 0 Å². The molecule has 0 saturated carbocycles. The first-order chi connectivity index (χ1) is 13.9. The number of benzene rings is 3. The number of hydrogen-bond acceptors (Lipinski definition) is 2. The van der Waals surface area contributed by atoms with E-state index in [1.165, 1.54) is 39.0 Å². The molecule has 3 aromatic carbocycles. The number of rotatable bonds is 2. The van der Waals surface area contributed by atoms with Crippen molar-refractivity contribution in [3.8, 4) is 0 Å². The van der Waals surface area contributed by atoms with Gasteiger partial charge in [-0.1, -0.05) is 66.7 Å². The third kappa shape index (κ3) is 2.40. The Morgan fingerprint density at radius 2 is 1.64 bits per heavy atom. The summed E-state index contributed by atoms with van der Waals surface area (Å²) in [5.74, 6) is 0. The third-order valence-electron chi connectivity index (χ3n) is 6.25. The molecule has 1 atom stereocenters. The number of aromatic nitrogens is 1. The second kappa shape index (κ2) is 6.25. The SMILES string of the molecule is c1ccc(CN2Cc3ccccc3N3CCc4c([nH]c5ccccc45)C23)cc1. The van der Waals surface area contributed by atoms with Gasteiger partial charge < -0.3 is 9.88 Å². The van der Waals surface area contributed by atoms with Crippen molar-refractivity contribution in [1.29, 1.82) is 0 Å². The Bertz CT molecular complexity index is 1140. The third-order valence-corrected chi connectivity index (χ3v) is 6.25. The van der Waals surface area contributed by atoms with Crippen LogP contribution in [0.4, 0.5) is 5.69 Å². The minimum atomic E-state index is 0.256. The zero-order valence-corrected chi connectivity index (χ0v) is 15.8. The Morgan fingerprint density at radius 3 is 2.57 bits per heavy atom. The fraction of sp³-hybridized carbons (Fsp3) is 0.200. The van der Waals surface area contributed by atoms with Crippen LogP contribution in [0, 0.1) is 0 Å². The minimum absolute atomic E-state index is 0.256. The molecule has 28 heavy (non-hydrogen) atoms. The second-order valence-corrected chi connectivity index (χ2v) is 7.90. The zero-order chi connectivity index (χ0) is 18.5. The summed E-state index contributed by atoms with van der Waals surface area (Å²) in [5.41, 5.74) is 8.31. The molecule has 3 heterocycles. The molecule has 0 saturated heterocycles. The fourth-order valence-corrected chi connectivity index (χ4v) is 5.04. The molecule has 0 fully saturated rings. The van der Waals surface area contributed by atoms with Crippen LogP contribution in [0.1, 0.15) is 28.6 Å². The van der Waals surface area contributed by atoms with E-state index in [4.69, 9.17) is 0 Å². The first-order valence-corrected chi connectivity index (χ1v) is 10.1. The highest BCUT2D eigenvalue weighted by Gasteiger charge is 2.38. The lowest BCUT2D eigenvalue weighted by Gasteiger charge is -2.48. The van der Waals surface area contributed by atoms with Crippen LogP contribution >= 0.6 is 0 Å². The van der Waals surface area contributed by atoms with Crippen molar-refractivity contribution in [2.24, 2.45) is 0 Å². The predicted molar refractivity (Wildman–Crippen MR) is 114 cm³/mol. The Hall–Kier alpha value is -3.04. The number of fused-ring (bicyclic) bond motifs is 7. The van der Waals surface area contributed by atoms with Crippen LogP contribution in [0.2, 0.25) is 0 Å². The van der Waals surface area contributed by atoms with Crippen molar-refractivity contribution in [1.82, 2.24) is 9.88 Å². The van der Waals surface area contributed by atoms with Gasteiger partial charge in [0.25, 0.3) is 0 Å². The van der Waals surface area contributed by atoms with E-state index >= 15 is 0 Å². The van der Waals surface area contributed by atoms with Gasteiger partial charge in [0.15, 0.2) is 0 Å². The molecule has 2 aliphatic heterocycles. The molecule has 0 bridgehead atoms. The van der Waals surface area contributed by atoms with E-state index in [9.17, 15) is 0 Å². The van der Waals surface area contributed by atoms with Gasteiger partial charge in [-0.15, -0.1) is 0 Å². The lowest BCUT2D eigenvalue weighted by Crippen LogP contribution is -2.48. The average molecular weight is 365 g/mol. The van der Waals surface area contributed by atoms with Gasteiger partial charge in [-0.25, -0.2) is 0 Å². The lowest BCUT2D eigenvalue weighted by atomic mass is 9.95. The number of nitrogens with zero attached hydrogens (tertiary/aromatic N) is 2. The molecule has 3 nitrogen and oxygen atoms in total. The first kappa shape index (κ1) is 16.0. The summed E-state index contributed by atoms with van der Waals surface area (Å²) in [6.45, 7) is 2.98. The predicted octanol–water partition coefficient (Wildman–Crippen LogP) is 5.25. The quantitative estimate of drug-likeness (QED) is 0.524. The summed E-state index contributed by atoms with van der Waals surface area (Å²) in [7, 11) is 0. The lowest BCUT2D eigenvalue weighted by molar-refractivity contribution is 0.152. The summed E-state index contributed by atoms with van der Waals surface area (Å²) in [6, 6.07) is 28.5. The molecule has 2 aliphatic rings. The Labute approximate surface area is 165 Å². The Kier molecular flexibility index (Phi) is 3.56. The fourth-order valence-electron chi connectivity index (χ4n) is 5.04. The van der Waals surface area contributed by atoms with Crippen LogP contribution in [0.5, 0.6) is 0 Å². The van der Waals surface area contributed by atoms with Crippen LogP contribution in [0.3, 0.4) is 0 Å². The number of H-pyrrole nitrogens is 1. The van der Waals surface area contributed by atoms with Gasteiger partial charge in [0.05, 0.1) is 5.69 Å². The van der Waals surface area contributed by atoms with Crippen molar-refractivity contribution in [2.45, 2.75) is 25.7 Å². The molecule has 3 heteroatoms. The molecule has 0 amide bonds. The van der Waals surface area contributed by atoms with Gasteiger partial charge in [-0.2, -0.15) is 0 Å². The summed E-state index contributed by atoms with van der Waals surface area (Å²) < 4.78 is 0. The van der Waals surface area contributed by atoms with E-state index in [2.05, 4.69) is 93.6 Å². The van der Waals surface area contributed by atoms with Crippen molar-refractivity contribution >= 4 is 16.6 Å². The highest BCUT2D eigenvalue weighted by atomic mass is 15.4. The molecule has 1 unspecified atom stereocenters. The molecule has 0 spiro atoms. The van der Waals surface area contributed by atoms with E-state index in [0.717, 1.165) is 26.1 Å². The second-order valence-electron chi connectivity index (χ2n) is 7.90. The largest absolute Gasteiger partial charge is 0.355 e. The van der Waals surface area contributed by atoms with Crippen LogP contribution < -0.4 is 4.90 Å². The monoisotopic (exact) mass is 365 g/mol. The summed E-state index contributed by atoms with van der Waals surface area (Å²) in [4.78, 5) is 8.99. The number of para-hydroxylation sites is 2. The Morgan fingerprint density at radius 1 is 0.857 bits per heavy atom. The maximum atomic E-state index is 3.78. The molecular formula is C25H23N3. The van der Waals surface area contributed by atoms with Gasteiger partial charge in [0.1, 0.15) is 6.17 Å². The highest BCUT2D eigenvalue weighted by molar-refractivity contribution is 5.85. The first-order valence-electron chi connectivity index (χ1n) is 10.1. The Balaban J connectivity index is 1.51. The number of hydrogen-bond donors (Lipinski definition) is 1. The van der Waals surface area contributed by atoms with Crippen molar-refractivity contribution in [3.63, 3.8) is 0 Å². The van der Waals surface area contributed by atoms with Gasteiger partial charge >= 0.3 is 0 Å². The smallest absolute Gasteiger partial charge is 0.124 e. The standard InChI is InChI=1S/C25H23N3/c1-2-8-18(9-3-1)16-27-17-19-10-4-7-13-23(19)28-15-14-21-20-11-5-6-12-22(20)26-24(21)25(27)28/h1-13,25-26H,14-17H2. The number of nitrogens with one attached hydrogen (secondary N) is 1. The molecule has 0 aliphatic carbocycles. The molecule has 138 valence electrons. The molecular weight excluding hydrogens is 342 g/mol. The van der Waals surface area contributed by atoms with Crippen LogP contribution in [0.15, 0.2) is 78.9 Å². The summed E-state index contributed by atoms with van der Waals surface area (Å²) in [6.07, 6.45) is 1.34. The van der Waals surface area contributed by atoms with E-state index < -0.39 is 0 Å². The number of aromatic amines is 1. The van der Waals surface area contributed by atoms with Crippen LogP contribution in [-0.4, -0.2) is 16.4 Å². The molecule has 1 aromatic heterocycles. The normalized spacial score (nSPS) is 18.6. The van der Waals surface area contributed by atoms with E-state index in [1.54, 1.807) is 0 Å². The van der Waals surface area contributed by atoms with Crippen molar-refractivity contribution in [2.75, 3.05) is 11.4 Å². The van der Waals surface area contributed by atoms with Crippen LogP contribution in [0.25, 0.3) is 10.9 Å². The number of anilines is 1. The van der Waals surface area contributed by atoms with Gasteiger partial charge in [-0.05, 0) is 35.2 Å². The molecule has 1 N–H and O–H groups in total. The highest BCUT2D eigenvalue weighted by Crippen LogP contribution is 2.44. The van der Waals surface area contributed by atoms with Crippen molar-refractivity contribution < 1.29 is 0 Å². The molecule has 4 aromatic rings. The topological polar surface area (TPSA) is 22.3 Å². The van der Waals surface area contributed by atoms with Crippen LogP contribution in [-0.2, 0) is 19.5 Å². The molecule has 6 rings (SSSR count). The minimum Gasteiger partial charge on any atom is -0.355 e. The molecule has 0 radical (unpaired) electrons. The van der Waals surface area contributed by atoms with E-state index in [1.807, 2.05) is 0 Å². The average Bonchev–Trinajstić information content (AvgIpc) is 3.13. The van der Waals surface area contributed by atoms with E-state index in [-0.39, 0.29) is 6.17 Å². The maximum absolute atomic E-state index is 3.78. The van der Waals surface area contributed by atoms with Crippen molar-refractivity contribution in [3.05, 3.63) is 101 Å². The van der Waals surface area contributed by atoms with E-state index in [0.29, 0.717) is 0 Å². The maximum Gasteiger partial charge on any atom is 0.124 e. The zero-order valence-electron chi connectivity index (χ0n) is 15.8. The summed E-state index contributed by atoms with van der Waals surface area (Å²) >= 11 is 0.